The second-order valence-corrected chi connectivity index (χ2v) is 15.2. The third-order valence-electron chi connectivity index (χ3n) is 7.49. The van der Waals surface area contributed by atoms with Crippen LogP contribution < -0.4 is 0 Å². The number of rotatable bonds is 6. The second kappa shape index (κ2) is 7.34. The average Bonchev–Trinajstić information content (AvgIpc) is 3.50. The molecule has 2 heterocycles. The predicted octanol–water partition coefficient (Wildman–Crippen LogP) is 1.34. The first kappa shape index (κ1) is 22.8. The molecule has 31 heavy (non-hydrogen) atoms. The first-order chi connectivity index (χ1) is 14.4. The van der Waals surface area contributed by atoms with Crippen molar-refractivity contribution in [2.24, 2.45) is 0 Å². The molecule has 0 radical (unpaired) electrons. The highest BCUT2D eigenvalue weighted by Gasteiger charge is 2.80. The Hall–Kier alpha value is -1.33. The quantitative estimate of drug-likeness (QED) is 0.340. The first-order valence-corrected chi connectivity index (χ1v) is 13.6. The Kier molecular flexibility index (Phi) is 5.41. The van der Waals surface area contributed by atoms with Crippen molar-refractivity contribution in [3.05, 3.63) is 35.9 Å². The maximum atomic E-state index is 12.5. The highest BCUT2D eigenvalue weighted by Crippen LogP contribution is 2.58. The lowest BCUT2D eigenvalue weighted by Gasteiger charge is -2.58. The van der Waals surface area contributed by atoms with E-state index in [4.69, 9.17) is 14.0 Å². The van der Waals surface area contributed by atoms with Crippen molar-refractivity contribution < 1.29 is 34.1 Å². The zero-order valence-electron chi connectivity index (χ0n) is 18.7. The fourth-order valence-corrected chi connectivity index (χ4v) is 5.77. The maximum absolute atomic E-state index is 12.5. The van der Waals surface area contributed by atoms with Crippen molar-refractivity contribution in [1.29, 1.82) is 0 Å². The zero-order chi connectivity index (χ0) is 22.8. The third kappa shape index (κ3) is 3.38. The maximum Gasteiger partial charge on any atom is 0.249 e. The van der Waals surface area contributed by atoms with Crippen LogP contribution in [-0.2, 0) is 25.4 Å². The standard InChI is InChI=1S/C22H33NO7Si/c1-20(2,3)31(4,5)30-17-16(26)21(18-19(29-18)22(17,27)13-24)11-15(25)23(21)28-12-14-9-7-6-8-10-14/h6-10,16-19,24,26-27H,11-13H2,1-5H3/t16-,17+,18-,19+,21+,22-/m1/s1. The zero-order valence-corrected chi connectivity index (χ0v) is 19.7. The van der Waals surface area contributed by atoms with Crippen molar-refractivity contribution >= 4 is 14.2 Å². The minimum Gasteiger partial charge on any atom is -0.408 e. The van der Waals surface area contributed by atoms with E-state index >= 15 is 0 Å². The molecule has 1 aromatic carbocycles. The van der Waals surface area contributed by atoms with Gasteiger partial charge in [0.25, 0.3) is 0 Å². The fraction of sp³-hybridized carbons (Fsp3) is 0.682. The number of aliphatic hydroxyl groups is 3. The first-order valence-electron chi connectivity index (χ1n) is 10.7. The number of benzene rings is 1. The molecule has 3 aliphatic rings. The molecule has 1 aliphatic carbocycles. The third-order valence-corrected chi connectivity index (χ3v) is 11.9. The lowest BCUT2D eigenvalue weighted by molar-refractivity contribution is -0.305. The summed E-state index contributed by atoms with van der Waals surface area (Å²) in [6.07, 6.45) is -3.74. The van der Waals surface area contributed by atoms with Gasteiger partial charge in [0.2, 0.25) is 5.91 Å². The van der Waals surface area contributed by atoms with Crippen LogP contribution in [0.4, 0.5) is 0 Å². The van der Waals surface area contributed by atoms with Crippen LogP contribution in [0.2, 0.25) is 18.1 Å². The summed E-state index contributed by atoms with van der Waals surface area (Å²) in [7, 11) is -2.44. The normalized spacial score (nSPS) is 37.5. The van der Waals surface area contributed by atoms with Crippen LogP contribution in [0, 0.1) is 0 Å². The van der Waals surface area contributed by atoms with Gasteiger partial charge in [-0.1, -0.05) is 51.1 Å². The smallest absolute Gasteiger partial charge is 0.249 e. The molecular weight excluding hydrogens is 418 g/mol. The Balaban J connectivity index is 1.62. The Bertz CT molecular complexity index is 844. The summed E-state index contributed by atoms with van der Waals surface area (Å²) < 4.78 is 12.2. The molecule has 0 bridgehead atoms. The number of epoxide rings is 1. The minimum atomic E-state index is -2.44. The molecule has 3 N–H and O–H groups in total. The van der Waals surface area contributed by atoms with Crippen LogP contribution in [0.15, 0.2) is 30.3 Å². The fourth-order valence-electron chi connectivity index (χ4n) is 4.45. The number of amides is 1. The number of hydrogen-bond acceptors (Lipinski definition) is 7. The van der Waals surface area contributed by atoms with Crippen molar-refractivity contribution in [3.8, 4) is 0 Å². The molecule has 0 aromatic heterocycles. The number of nitrogens with zero attached hydrogens (tertiary/aromatic N) is 1. The van der Waals surface area contributed by atoms with Gasteiger partial charge in [-0.2, -0.15) is 0 Å². The van der Waals surface area contributed by atoms with Gasteiger partial charge in [0, 0.05) is 0 Å². The Morgan fingerprint density at radius 3 is 2.42 bits per heavy atom. The number of fused-ring (bicyclic) bond motifs is 2. The summed E-state index contributed by atoms with van der Waals surface area (Å²) in [6.45, 7) is 9.75. The number of aliphatic hydroxyl groups excluding tert-OH is 2. The van der Waals surface area contributed by atoms with E-state index in [1.165, 1.54) is 5.06 Å². The largest absolute Gasteiger partial charge is 0.408 e. The Morgan fingerprint density at radius 1 is 1.23 bits per heavy atom. The molecular formula is C22H33NO7Si. The van der Waals surface area contributed by atoms with E-state index in [0.29, 0.717) is 0 Å². The van der Waals surface area contributed by atoms with E-state index < -0.39 is 50.5 Å². The Labute approximate surface area is 183 Å². The summed E-state index contributed by atoms with van der Waals surface area (Å²) >= 11 is 0. The van der Waals surface area contributed by atoms with Crippen LogP contribution in [0.1, 0.15) is 32.8 Å². The van der Waals surface area contributed by atoms with Crippen LogP contribution in [0.5, 0.6) is 0 Å². The molecule has 1 aromatic rings. The lowest BCUT2D eigenvalue weighted by atomic mass is 9.65. The van der Waals surface area contributed by atoms with Crippen LogP contribution in [-0.4, -0.2) is 76.8 Å². The van der Waals surface area contributed by atoms with Crippen LogP contribution >= 0.6 is 0 Å². The lowest BCUT2D eigenvalue weighted by Crippen LogP contribution is -2.81. The predicted molar refractivity (Wildman–Crippen MR) is 114 cm³/mol. The van der Waals surface area contributed by atoms with E-state index in [1.54, 1.807) is 0 Å². The van der Waals surface area contributed by atoms with Crippen LogP contribution in [0.3, 0.4) is 0 Å². The summed E-state index contributed by atoms with van der Waals surface area (Å²) in [5.41, 5.74) is -2.02. The number of carbonyl (C=O) groups is 1. The van der Waals surface area contributed by atoms with Crippen molar-refractivity contribution in [3.63, 3.8) is 0 Å². The van der Waals surface area contributed by atoms with Gasteiger partial charge in [-0.05, 0) is 23.7 Å². The van der Waals surface area contributed by atoms with Gasteiger partial charge in [0.1, 0.15) is 42.2 Å². The topological polar surface area (TPSA) is 112 Å². The molecule has 0 unspecified atom stereocenters. The van der Waals surface area contributed by atoms with Gasteiger partial charge in [-0.3, -0.25) is 9.63 Å². The highest BCUT2D eigenvalue weighted by atomic mass is 28.4. The van der Waals surface area contributed by atoms with E-state index in [9.17, 15) is 20.1 Å². The molecule has 1 saturated carbocycles. The SMILES string of the molecule is CC(C)(C)[Si](C)(C)O[C@H]1[C@@H](O)[C@@]2(CC(=O)N2OCc2ccccc2)[C@@H]2O[C@@H]2[C@@]1(O)CO. The Morgan fingerprint density at radius 2 is 1.87 bits per heavy atom. The van der Waals surface area contributed by atoms with Gasteiger partial charge in [-0.25, -0.2) is 5.06 Å². The summed E-state index contributed by atoms with van der Waals surface area (Å²) in [4.78, 5) is 18.3. The highest BCUT2D eigenvalue weighted by molar-refractivity contribution is 6.74. The number of hydroxylamine groups is 2. The number of ether oxygens (including phenoxy) is 1. The summed E-state index contributed by atoms with van der Waals surface area (Å²) in [5, 5.41) is 33.8. The number of carbonyl (C=O) groups excluding carboxylic acids is 1. The molecule has 2 saturated heterocycles. The second-order valence-electron chi connectivity index (χ2n) is 10.5. The minimum absolute atomic E-state index is 0.0307. The number of hydrogen-bond donors (Lipinski definition) is 3. The summed E-state index contributed by atoms with van der Waals surface area (Å²) in [5.74, 6) is -0.259. The average molecular weight is 452 g/mol. The van der Waals surface area contributed by atoms with E-state index in [2.05, 4.69) is 20.8 Å². The molecule has 2 aliphatic heterocycles. The summed E-state index contributed by atoms with van der Waals surface area (Å²) in [6, 6.07) is 9.43. The van der Waals surface area contributed by atoms with Gasteiger partial charge in [0.15, 0.2) is 8.32 Å². The van der Waals surface area contributed by atoms with Gasteiger partial charge >= 0.3 is 0 Å². The molecule has 8 nitrogen and oxygen atoms in total. The van der Waals surface area contributed by atoms with Crippen molar-refractivity contribution in [2.75, 3.05) is 6.61 Å². The molecule has 4 rings (SSSR count). The van der Waals surface area contributed by atoms with Crippen molar-refractivity contribution in [2.45, 2.75) is 87.5 Å². The van der Waals surface area contributed by atoms with Crippen molar-refractivity contribution in [1.82, 2.24) is 5.06 Å². The van der Waals surface area contributed by atoms with Gasteiger partial charge in [0.05, 0.1) is 13.0 Å². The molecule has 1 spiro atoms. The van der Waals surface area contributed by atoms with E-state index in [0.717, 1.165) is 5.56 Å². The molecule has 6 atom stereocenters. The molecule has 3 fully saturated rings. The van der Waals surface area contributed by atoms with E-state index in [1.807, 2.05) is 43.4 Å². The van der Waals surface area contributed by atoms with E-state index in [-0.39, 0.29) is 24.0 Å². The molecule has 172 valence electrons. The number of β-lactam (4-membered cyclic amide) rings is 1. The monoisotopic (exact) mass is 451 g/mol. The molecule has 1 amide bonds. The molecule has 9 heteroatoms. The van der Waals surface area contributed by atoms with Gasteiger partial charge < -0.3 is 24.5 Å². The van der Waals surface area contributed by atoms with Crippen LogP contribution in [0.25, 0.3) is 0 Å². The van der Waals surface area contributed by atoms with Gasteiger partial charge in [-0.15, -0.1) is 0 Å².